The summed E-state index contributed by atoms with van der Waals surface area (Å²) in [4.78, 5) is 0. The van der Waals surface area contributed by atoms with Crippen molar-refractivity contribution in [3.63, 3.8) is 0 Å². The Bertz CT molecular complexity index is 175. The van der Waals surface area contributed by atoms with Gasteiger partial charge in [0, 0.05) is 6.61 Å². The summed E-state index contributed by atoms with van der Waals surface area (Å²) in [6.45, 7) is 2.63. The van der Waals surface area contributed by atoms with Gasteiger partial charge in [0.25, 0.3) is 0 Å². The van der Waals surface area contributed by atoms with Gasteiger partial charge in [-0.05, 0) is 32.1 Å². The molecule has 0 fully saturated rings. The van der Waals surface area contributed by atoms with Crippen molar-refractivity contribution in [2.24, 2.45) is 0 Å². The van der Waals surface area contributed by atoms with Crippen LogP contribution in [0.3, 0.4) is 0 Å². The van der Waals surface area contributed by atoms with Gasteiger partial charge in [-0.25, -0.2) is 0 Å². The zero-order chi connectivity index (χ0) is 14.0. The van der Waals surface area contributed by atoms with Crippen LogP contribution < -0.4 is 0 Å². The molecule has 0 radical (unpaired) electrons. The maximum absolute atomic E-state index is 8.66. The topological polar surface area (TPSA) is 20.2 Å². The third kappa shape index (κ3) is 17.7. The number of allylic oxidation sites excluding steroid dienone is 2. The molecule has 0 aromatic rings. The Morgan fingerprint density at radius 3 is 1.47 bits per heavy atom. The maximum Gasteiger partial charge on any atom is 0.0431 e. The SMILES string of the molecule is CCCCCCC=CCCCCCCCCCCO. The summed E-state index contributed by atoms with van der Waals surface area (Å²) in [5.74, 6) is 0. The molecule has 0 amide bonds. The molecule has 0 aromatic heterocycles. The number of unbranched alkanes of at least 4 members (excludes halogenated alkanes) is 12. The monoisotopic (exact) mass is 268 g/mol. The van der Waals surface area contributed by atoms with E-state index in [4.69, 9.17) is 5.11 Å². The van der Waals surface area contributed by atoms with Gasteiger partial charge in [0.15, 0.2) is 0 Å². The lowest BCUT2D eigenvalue weighted by Crippen LogP contribution is -1.84. The van der Waals surface area contributed by atoms with E-state index in [1.165, 1.54) is 83.5 Å². The minimum atomic E-state index is 0.366. The van der Waals surface area contributed by atoms with E-state index < -0.39 is 0 Å². The molecule has 0 aliphatic carbocycles. The highest BCUT2D eigenvalue weighted by molar-refractivity contribution is 4.81. The first kappa shape index (κ1) is 18.7. The fourth-order valence-corrected chi connectivity index (χ4v) is 2.36. The van der Waals surface area contributed by atoms with Gasteiger partial charge < -0.3 is 5.11 Å². The van der Waals surface area contributed by atoms with E-state index in [-0.39, 0.29) is 0 Å². The van der Waals surface area contributed by atoms with Gasteiger partial charge in [0.05, 0.1) is 0 Å². The first-order valence-electron chi connectivity index (χ1n) is 8.67. The molecule has 0 atom stereocenters. The normalized spacial score (nSPS) is 11.5. The van der Waals surface area contributed by atoms with Crippen molar-refractivity contribution in [2.45, 2.75) is 96.8 Å². The molecule has 0 aromatic carbocycles. The quantitative estimate of drug-likeness (QED) is 0.284. The zero-order valence-corrected chi connectivity index (χ0v) is 13.2. The molecule has 1 heteroatoms. The van der Waals surface area contributed by atoms with Gasteiger partial charge in [-0.15, -0.1) is 0 Å². The van der Waals surface area contributed by atoms with Crippen LogP contribution in [0.2, 0.25) is 0 Å². The van der Waals surface area contributed by atoms with Gasteiger partial charge in [-0.3, -0.25) is 0 Å². The van der Waals surface area contributed by atoms with E-state index in [2.05, 4.69) is 19.1 Å². The Balaban J connectivity index is 2.99. The Morgan fingerprint density at radius 2 is 1.00 bits per heavy atom. The van der Waals surface area contributed by atoms with Crippen LogP contribution in [-0.4, -0.2) is 11.7 Å². The van der Waals surface area contributed by atoms with Gasteiger partial charge in [0.2, 0.25) is 0 Å². The van der Waals surface area contributed by atoms with Crippen LogP contribution in [0.5, 0.6) is 0 Å². The fraction of sp³-hybridized carbons (Fsp3) is 0.889. The first-order valence-corrected chi connectivity index (χ1v) is 8.67. The Hall–Kier alpha value is -0.300. The van der Waals surface area contributed by atoms with Gasteiger partial charge >= 0.3 is 0 Å². The molecule has 0 aliphatic rings. The van der Waals surface area contributed by atoms with Gasteiger partial charge in [0.1, 0.15) is 0 Å². The molecule has 0 saturated carbocycles. The number of rotatable bonds is 15. The van der Waals surface area contributed by atoms with Crippen LogP contribution in [0, 0.1) is 0 Å². The fourth-order valence-electron chi connectivity index (χ4n) is 2.36. The van der Waals surface area contributed by atoms with Crippen molar-refractivity contribution in [1.82, 2.24) is 0 Å². The molecular weight excluding hydrogens is 232 g/mol. The van der Waals surface area contributed by atoms with Crippen LogP contribution in [0.15, 0.2) is 12.2 Å². The molecular formula is C18H36O. The van der Waals surface area contributed by atoms with Crippen molar-refractivity contribution >= 4 is 0 Å². The summed E-state index contributed by atoms with van der Waals surface area (Å²) in [5.41, 5.74) is 0. The molecule has 0 rings (SSSR count). The predicted molar refractivity (Wildman–Crippen MR) is 86.5 cm³/mol. The number of hydrogen-bond acceptors (Lipinski definition) is 1. The molecule has 1 N–H and O–H groups in total. The summed E-state index contributed by atoms with van der Waals surface area (Å²) < 4.78 is 0. The molecule has 0 spiro atoms. The molecule has 19 heavy (non-hydrogen) atoms. The second-order valence-electron chi connectivity index (χ2n) is 5.66. The molecule has 0 aliphatic heterocycles. The van der Waals surface area contributed by atoms with Crippen LogP contribution in [0.25, 0.3) is 0 Å². The zero-order valence-electron chi connectivity index (χ0n) is 13.2. The summed E-state index contributed by atoms with van der Waals surface area (Å²) in [5, 5.41) is 8.66. The minimum absolute atomic E-state index is 0.366. The van der Waals surface area contributed by atoms with Crippen molar-refractivity contribution in [3.05, 3.63) is 12.2 Å². The first-order chi connectivity index (χ1) is 9.41. The molecule has 114 valence electrons. The van der Waals surface area contributed by atoms with E-state index in [0.717, 1.165) is 6.42 Å². The van der Waals surface area contributed by atoms with Crippen LogP contribution >= 0.6 is 0 Å². The van der Waals surface area contributed by atoms with E-state index in [1.807, 2.05) is 0 Å². The highest BCUT2D eigenvalue weighted by atomic mass is 16.2. The maximum atomic E-state index is 8.66. The summed E-state index contributed by atoms with van der Waals surface area (Å²) in [7, 11) is 0. The Morgan fingerprint density at radius 1 is 0.579 bits per heavy atom. The smallest absolute Gasteiger partial charge is 0.0431 e. The van der Waals surface area contributed by atoms with E-state index in [0.29, 0.717) is 6.61 Å². The number of aliphatic hydroxyl groups is 1. The highest BCUT2D eigenvalue weighted by Crippen LogP contribution is 2.10. The molecule has 0 heterocycles. The number of hydrogen-bond donors (Lipinski definition) is 1. The van der Waals surface area contributed by atoms with Crippen molar-refractivity contribution in [1.29, 1.82) is 0 Å². The molecule has 0 unspecified atom stereocenters. The molecule has 0 bridgehead atoms. The lowest BCUT2D eigenvalue weighted by Gasteiger charge is -2.00. The standard InChI is InChI=1S/C18H36O/c1-2-3-4-5-6-7-8-9-10-11-12-13-14-15-16-17-18-19/h7-8,19H,2-6,9-18H2,1H3. The van der Waals surface area contributed by atoms with Crippen LogP contribution in [-0.2, 0) is 0 Å². The summed E-state index contributed by atoms with van der Waals surface area (Å²) in [6, 6.07) is 0. The number of aliphatic hydroxyl groups excluding tert-OH is 1. The highest BCUT2D eigenvalue weighted by Gasteiger charge is 1.91. The van der Waals surface area contributed by atoms with E-state index >= 15 is 0 Å². The Kier molecular flexibility index (Phi) is 17.4. The van der Waals surface area contributed by atoms with Crippen LogP contribution in [0.4, 0.5) is 0 Å². The average molecular weight is 268 g/mol. The summed E-state index contributed by atoms with van der Waals surface area (Å²) >= 11 is 0. The molecule has 0 saturated heterocycles. The minimum Gasteiger partial charge on any atom is -0.396 e. The molecule has 1 nitrogen and oxygen atoms in total. The van der Waals surface area contributed by atoms with E-state index in [9.17, 15) is 0 Å². The second-order valence-corrected chi connectivity index (χ2v) is 5.66. The largest absolute Gasteiger partial charge is 0.396 e. The third-order valence-electron chi connectivity index (χ3n) is 3.67. The second kappa shape index (κ2) is 17.7. The lowest BCUT2D eigenvalue weighted by atomic mass is 10.1. The van der Waals surface area contributed by atoms with Gasteiger partial charge in [-0.2, -0.15) is 0 Å². The van der Waals surface area contributed by atoms with Crippen molar-refractivity contribution in [3.8, 4) is 0 Å². The van der Waals surface area contributed by atoms with Crippen molar-refractivity contribution in [2.75, 3.05) is 6.61 Å². The average Bonchev–Trinajstić information content (AvgIpc) is 2.43. The third-order valence-corrected chi connectivity index (χ3v) is 3.67. The summed E-state index contributed by atoms with van der Waals surface area (Å²) in [6.07, 6.45) is 23.2. The van der Waals surface area contributed by atoms with E-state index in [1.54, 1.807) is 0 Å². The van der Waals surface area contributed by atoms with Gasteiger partial charge in [-0.1, -0.05) is 76.9 Å². The lowest BCUT2D eigenvalue weighted by molar-refractivity contribution is 0.282. The predicted octanol–water partition coefficient (Wildman–Crippen LogP) is 6.02. The Labute approximate surface area is 121 Å². The van der Waals surface area contributed by atoms with Crippen molar-refractivity contribution < 1.29 is 5.11 Å². The van der Waals surface area contributed by atoms with Crippen LogP contribution in [0.1, 0.15) is 96.8 Å².